The number of aromatic hydroxyl groups is 1. The molecule has 4 aromatic rings. The highest BCUT2D eigenvalue weighted by Crippen LogP contribution is 2.40. The summed E-state index contributed by atoms with van der Waals surface area (Å²) >= 11 is 3.42. The van der Waals surface area contributed by atoms with E-state index in [0.29, 0.717) is 27.5 Å². The first-order chi connectivity index (χ1) is 14.1. The number of aromatic amines is 1. The van der Waals surface area contributed by atoms with Gasteiger partial charge in [0, 0.05) is 29.4 Å². The smallest absolute Gasteiger partial charge is 0.324 e. The van der Waals surface area contributed by atoms with Crippen molar-refractivity contribution in [2.75, 3.05) is 19.5 Å². The fourth-order valence-electron chi connectivity index (χ4n) is 2.88. The summed E-state index contributed by atoms with van der Waals surface area (Å²) in [5.74, 6) is 1.65. The van der Waals surface area contributed by atoms with E-state index in [9.17, 15) is 5.11 Å². The lowest BCUT2D eigenvalue weighted by atomic mass is 10.2. The number of ether oxygens (including phenoxy) is 3. The minimum absolute atomic E-state index is 0.0607. The zero-order valence-electron chi connectivity index (χ0n) is 15.6. The van der Waals surface area contributed by atoms with Crippen LogP contribution in [-0.4, -0.2) is 34.3 Å². The van der Waals surface area contributed by atoms with E-state index in [4.69, 9.17) is 14.2 Å². The van der Waals surface area contributed by atoms with E-state index < -0.39 is 0 Å². The van der Waals surface area contributed by atoms with Crippen LogP contribution in [0.25, 0.3) is 10.9 Å². The SMILES string of the molecule is COc1cc(Nc2nc(Oc3cccc4cc[nH]c34)ncc2Br)cc(O)c1OC. The molecule has 0 atom stereocenters. The maximum Gasteiger partial charge on any atom is 0.324 e. The van der Waals surface area contributed by atoms with Gasteiger partial charge in [0.15, 0.2) is 23.1 Å². The Balaban J connectivity index is 1.64. The van der Waals surface area contributed by atoms with Gasteiger partial charge in [0.25, 0.3) is 0 Å². The molecule has 29 heavy (non-hydrogen) atoms. The van der Waals surface area contributed by atoms with Crippen LogP contribution < -0.4 is 19.5 Å². The number of H-pyrrole nitrogens is 1. The van der Waals surface area contributed by atoms with Crippen molar-refractivity contribution in [1.82, 2.24) is 15.0 Å². The molecule has 2 aromatic carbocycles. The molecule has 148 valence electrons. The van der Waals surface area contributed by atoms with Crippen LogP contribution in [0.3, 0.4) is 0 Å². The second kappa shape index (κ2) is 7.88. The number of benzene rings is 2. The van der Waals surface area contributed by atoms with Crippen LogP contribution >= 0.6 is 15.9 Å². The first kappa shape index (κ1) is 18.9. The molecule has 0 saturated heterocycles. The number of anilines is 2. The van der Waals surface area contributed by atoms with Gasteiger partial charge in [0.05, 0.1) is 30.4 Å². The zero-order valence-corrected chi connectivity index (χ0v) is 17.1. The van der Waals surface area contributed by atoms with Crippen LogP contribution in [-0.2, 0) is 0 Å². The van der Waals surface area contributed by atoms with Gasteiger partial charge in [-0.05, 0) is 28.1 Å². The Kier molecular flexibility index (Phi) is 5.13. The predicted octanol–water partition coefficient (Wildman–Crippen LogP) is 4.98. The minimum atomic E-state index is -0.0607. The molecule has 9 heteroatoms. The highest BCUT2D eigenvalue weighted by atomic mass is 79.9. The fraction of sp³-hybridized carbons (Fsp3) is 0.100. The first-order valence-corrected chi connectivity index (χ1v) is 9.37. The Bertz CT molecular complexity index is 1180. The lowest BCUT2D eigenvalue weighted by Gasteiger charge is -2.14. The molecule has 0 fully saturated rings. The van der Waals surface area contributed by atoms with E-state index in [-0.39, 0.29) is 17.5 Å². The molecule has 0 aliphatic heterocycles. The monoisotopic (exact) mass is 456 g/mol. The second-order valence-electron chi connectivity index (χ2n) is 6.01. The first-order valence-electron chi connectivity index (χ1n) is 8.57. The van der Waals surface area contributed by atoms with E-state index in [1.165, 1.54) is 20.3 Å². The summed E-state index contributed by atoms with van der Waals surface area (Å²) in [6.45, 7) is 0. The molecule has 0 aliphatic rings. The summed E-state index contributed by atoms with van der Waals surface area (Å²) in [6, 6.07) is 11.0. The number of phenols is 1. The number of hydrogen-bond donors (Lipinski definition) is 3. The molecule has 0 spiro atoms. The molecular formula is C20H17BrN4O4. The van der Waals surface area contributed by atoms with E-state index in [1.54, 1.807) is 12.3 Å². The Morgan fingerprint density at radius 3 is 2.76 bits per heavy atom. The number of nitrogens with zero attached hydrogens (tertiary/aromatic N) is 2. The molecule has 0 bridgehead atoms. The molecule has 8 nitrogen and oxygen atoms in total. The maximum atomic E-state index is 10.2. The number of rotatable bonds is 6. The van der Waals surface area contributed by atoms with Gasteiger partial charge in [-0.2, -0.15) is 4.98 Å². The number of para-hydroxylation sites is 1. The topological polar surface area (TPSA) is 102 Å². The quantitative estimate of drug-likeness (QED) is 0.376. The standard InChI is InChI=1S/C20H17BrN4O4/c1-27-16-9-12(8-14(26)18(16)28-2)24-19-13(21)10-23-20(25-19)29-15-5-3-4-11-6-7-22-17(11)15/h3-10,22,26H,1-2H3,(H,23,24,25). The summed E-state index contributed by atoms with van der Waals surface area (Å²) in [6.07, 6.45) is 3.43. The number of fused-ring (bicyclic) bond motifs is 1. The van der Waals surface area contributed by atoms with Crippen LogP contribution in [0.15, 0.2) is 53.3 Å². The Morgan fingerprint density at radius 2 is 1.97 bits per heavy atom. The lowest BCUT2D eigenvalue weighted by Crippen LogP contribution is -2.00. The van der Waals surface area contributed by atoms with Gasteiger partial charge < -0.3 is 29.6 Å². The average Bonchev–Trinajstić information content (AvgIpc) is 3.20. The van der Waals surface area contributed by atoms with Gasteiger partial charge in [-0.15, -0.1) is 0 Å². The van der Waals surface area contributed by atoms with Gasteiger partial charge in [0.2, 0.25) is 5.75 Å². The Hall–Kier alpha value is -3.46. The summed E-state index contributed by atoms with van der Waals surface area (Å²) in [7, 11) is 2.95. The largest absolute Gasteiger partial charge is 0.504 e. The molecule has 4 rings (SSSR count). The molecule has 2 heterocycles. The van der Waals surface area contributed by atoms with E-state index >= 15 is 0 Å². The summed E-state index contributed by atoms with van der Waals surface area (Å²) < 4.78 is 16.9. The van der Waals surface area contributed by atoms with Crippen molar-refractivity contribution in [3.8, 4) is 29.0 Å². The van der Waals surface area contributed by atoms with Gasteiger partial charge >= 0.3 is 6.01 Å². The third kappa shape index (κ3) is 3.77. The molecule has 0 saturated carbocycles. The lowest BCUT2D eigenvalue weighted by molar-refractivity contribution is 0.333. The fourth-order valence-corrected chi connectivity index (χ4v) is 3.17. The molecule has 2 aromatic heterocycles. The van der Waals surface area contributed by atoms with Crippen LogP contribution in [0, 0.1) is 0 Å². The minimum Gasteiger partial charge on any atom is -0.504 e. The van der Waals surface area contributed by atoms with Crippen molar-refractivity contribution in [3.05, 3.63) is 53.3 Å². The number of phenolic OH excluding ortho intramolecular Hbond substituents is 1. The van der Waals surface area contributed by atoms with Crippen LogP contribution in [0.1, 0.15) is 0 Å². The Morgan fingerprint density at radius 1 is 1.10 bits per heavy atom. The molecule has 3 N–H and O–H groups in total. The number of aromatic nitrogens is 3. The van der Waals surface area contributed by atoms with E-state index in [2.05, 4.69) is 36.2 Å². The number of hydrogen-bond acceptors (Lipinski definition) is 7. The van der Waals surface area contributed by atoms with E-state index in [0.717, 1.165) is 10.9 Å². The number of nitrogens with one attached hydrogen (secondary N) is 2. The summed E-state index contributed by atoms with van der Waals surface area (Å²) in [4.78, 5) is 11.8. The Labute approximate surface area is 174 Å². The third-order valence-electron chi connectivity index (χ3n) is 4.19. The van der Waals surface area contributed by atoms with Crippen LogP contribution in [0.2, 0.25) is 0 Å². The third-order valence-corrected chi connectivity index (χ3v) is 4.77. The number of halogens is 1. The molecule has 0 aliphatic carbocycles. The van der Waals surface area contributed by atoms with Crippen molar-refractivity contribution < 1.29 is 19.3 Å². The van der Waals surface area contributed by atoms with Crippen molar-refractivity contribution in [2.45, 2.75) is 0 Å². The highest BCUT2D eigenvalue weighted by molar-refractivity contribution is 9.10. The molecule has 0 unspecified atom stereocenters. The highest BCUT2D eigenvalue weighted by Gasteiger charge is 2.14. The molecule has 0 amide bonds. The van der Waals surface area contributed by atoms with Gasteiger partial charge in [-0.1, -0.05) is 12.1 Å². The van der Waals surface area contributed by atoms with Crippen molar-refractivity contribution >= 4 is 38.3 Å². The second-order valence-corrected chi connectivity index (χ2v) is 6.86. The van der Waals surface area contributed by atoms with Crippen LogP contribution in [0.5, 0.6) is 29.0 Å². The number of methoxy groups -OCH3 is 2. The zero-order chi connectivity index (χ0) is 20.4. The normalized spacial score (nSPS) is 10.7. The molecule has 0 radical (unpaired) electrons. The predicted molar refractivity (Wildman–Crippen MR) is 113 cm³/mol. The molecular weight excluding hydrogens is 440 g/mol. The van der Waals surface area contributed by atoms with Gasteiger partial charge in [-0.25, -0.2) is 4.98 Å². The average molecular weight is 457 g/mol. The van der Waals surface area contributed by atoms with E-state index in [1.807, 2.05) is 30.5 Å². The van der Waals surface area contributed by atoms with Gasteiger partial charge in [0.1, 0.15) is 0 Å². The van der Waals surface area contributed by atoms with Gasteiger partial charge in [-0.3, -0.25) is 0 Å². The van der Waals surface area contributed by atoms with Crippen molar-refractivity contribution in [3.63, 3.8) is 0 Å². The summed E-state index contributed by atoms with van der Waals surface area (Å²) in [5, 5.41) is 14.3. The maximum absolute atomic E-state index is 10.2. The van der Waals surface area contributed by atoms with Crippen molar-refractivity contribution in [1.29, 1.82) is 0 Å². The van der Waals surface area contributed by atoms with Crippen molar-refractivity contribution in [2.24, 2.45) is 0 Å². The summed E-state index contributed by atoms with van der Waals surface area (Å²) in [5.41, 5.74) is 1.41. The van der Waals surface area contributed by atoms with Crippen LogP contribution in [0.4, 0.5) is 11.5 Å².